The van der Waals surface area contributed by atoms with Crippen LogP contribution in [-0.2, 0) is 23.2 Å². The van der Waals surface area contributed by atoms with Gasteiger partial charge in [0.15, 0.2) is 0 Å². The summed E-state index contributed by atoms with van der Waals surface area (Å²) in [6.45, 7) is 15.2. The van der Waals surface area contributed by atoms with E-state index in [9.17, 15) is 9.90 Å². The molecule has 5 heteroatoms. The van der Waals surface area contributed by atoms with Crippen molar-refractivity contribution in [2.75, 3.05) is 26.2 Å². The molecule has 0 radical (unpaired) electrons. The van der Waals surface area contributed by atoms with Gasteiger partial charge in [-0.25, -0.2) is 0 Å². The average molecular weight is 492 g/mol. The van der Waals surface area contributed by atoms with Gasteiger partial charge in [-0.1, -0.05) is 76.6 Å². The van der Waals surface area contributed by atoms with Crippen LogP contribution in [0, 0.1) is 0 Å². The highest BCUT2D eigenvalue weighted by atomic mass is 16.3. The minimum absolute atomic E-state index is 0.0214. The van der Waals surface area contributed by atoms with E-state index in [2.05, 4.69) is 86.2 Å². The van der Waals surface area contributed by atoms with Gasteiger partial charge in [0, 0.05) is 35.7 Å². The maximum absolute atomic E-state index is 13.7. The molecule has 0 bridgehead atoms. The second kappa shape index (κ2) is 12.1. The average Bonchev–Trinajstić information content (AvgIpc) is 3.27. The van der Waals surface area contributed by atoms with E-state index in [1.54, 1.807) is 0 Å². The van der Waals surface area contributed by atoms with Crippen LogP contribution in [0.25, 0.3) is 10.9 Å². The van der Waals surface area contributed by atoms with Crippen LogP contribution in [-0.4, -0.2) is 57.6 Å². The molecule has 5 nitrogen and oxygen atoms in total. The van der Waals surface area contributed by atoms with E-state index in [0.29, 0.717) is 19.6 Å². The van der Waals surface area contributed by atoms with Crippen LogP contribution in [0.4, 0.5) is 0 Å². The largest absolute Gasteiger partial charge is 0.394 e. The maximum atomic E-state index is 13.7. The van der Waals surface area contributed by atoms with Gasteiger partial charge >= 0.3 is 0 Å². The van der Waals surface area contributed by atoms with Gasteiger partial charge in [-0.2, -0.15) is 0 Å². The maximum Gasteiger partial charge on any atom is 0.237 e. The summed E-state index contributed by atoms with van der Waals surface area (Å²) < 4.78 is 0. The van der Waals surface area contributed by atoms with Crippen molar-refractivity contribution in [3.63, 3.8) is 0 Å². The van der Waals surface area contributed by atoms with E-state index >= 15 is 0 Å². The van der Waals surface area contributed by atoms with Gasteiger partial charge in [0.2, 0.25) is 5.91 Å². The number of hydrogen-bond donors (Lipinski definition) is 2. The number of H-pyrrole nitrogens is 1. The zero-order valence-electron chi connectivity index (χ0n) is 23.1. The highest BCUT2D eigenvalue weighted by Gasteiger charge is 2.29. The van der Waals surface area contributed by atoms with Crippen LogP contribution in [0.15, 0.2) is 54.7 Å². The molecule has 0 fully saturated rings. The predicted molar refractivity (Wildman–Crippen MR) is 150 cm³/mol. The first-order valence-corrected chi connectivity index (χ1v) is 13.3. The number of fused-ring (bicyclic) bond motifs is 1. The number of carbonyl (C=O) groups excluding carboxylic acids is 1. The SMILES string of the molecule is CCCCN(CC(=O)N(CCc1c[nH]c2ccccc12)Cc1ccc(C(C)(C)C)cc1)C(C)(C)CO. The third-order valence-electron chi connectivity index (χ3n) is 7.22. The number of hydrogen-bond acceptors (Lipinski definition) is 3. The molecule has 0 unspecified atom stereocenters. The van der Waals surface area contributed by atoms with Gasteiger partial charge in [0.25, 0.3) is 0 Å². The van der Waals surface area contributed by atoms with Crippen molar-refractivity contribution in [3.05, 3.63) is 71.4 Å². The number of rotatable bonds is 12. The Morgan fingerprint density at radius 2 is 1.67 bits per heavy atom. The Labute approximate surface area is 217 Å². The topological polar surface area (TPSA) is 59.6 Å². The highest BCUT2D eigenvalue weighted by Crippen LogP contribution is 2.23. The molecule has 0 spiro atoms. The second-order valence-electron chi connectivity index (χ2n) is 11.6. The Bertz CT molecular complexity index is 1110. The van der Waals surface area contributed by atoms with Gasteiger partial charge in [-0.05, 0) is 61.4 Å². The fourth-order valence-electron chi connectivity index (χ4n) is 4.52. The molecule has 1 heterocycles. The van der Waals surface area contributed by atoms with E-state index in [1.807, 2.05) is 24.8 Å². The number of amides is 1. The van der Waals surface area contributed by atoms with Gasteiger partial charge in [0.1, 0.15) is 0 Å². The molecule has 0 aliphatic carbocycles. The minimum atomic E-state index is -0.443. The first-order valence-electron chi connectivity index (χ1n) is 13.3. The molecule has 1 amide bonds. The molecular formula is C31H45N3O2. The van der Waals surface area contributed by atoms with E-state index < -0.39 is 5.54 Å². The summed E-state index contributed by atoms with van der Waals surface area (Å²) in [6, 6.07) is 17.0. The standard InChI is InChI=1S/C31H45N3O2/c1-7-8-18-34(31(5,6)23-35)22-29(36)33(21-24-13-15-26(16-14-24)30(2,3)4)19-17-25-20-32-28-12-10-9-11-27(25)28/h9-16,20,32,35H,7-8,17-19,21-23H2,1-6H3. The lowest BCUT2D eigenvalue weighted by Crippen LogP contribution is -2.52. The van der Waals surface area contributed by atoms with Crippen LogP contribution >= 0.6 is 0 Å². The summed E-state index contributed by atoms with van der Waals surface area (Å²) in [6.07, 6.45) is 4.90. The summed E-state index contributed by atoms with van der Waals surface area (Å²) in [7, 11) is 0. The number of aromatic nitrogens is 1. The van der Waals surface area contributed by atoms with Crippen molar-refractivity contribution in [2.45, 2.75) is 78.3 Å². The molecule has 0 aliphatic rings. The second-order valence-corrected chi connectivity index (χ2v) is 11.6. The number of para-hydroxylation sites is 1. The zero-order chi connectivity index (χ0) is 26.3. The van der Waals surface area contributed by atoms with Crippen LogP contribution in [0.3, 0.4) is 0 Å². The van der Waals surface area contributed by atoms with Crippen molar-refractivity contribution in [2.24, 2.45) is 0 Å². The molecular weight excluding hydrogens is 446 g/mol. The van der Waals surface area contributed by atoms with Crippen LogP contribution in [0.5, 0.6) is 0 Å². The molecule has 0 atom stereocenters. The molecule has 3 rings (SSSR count). The minimum Gasteiger partial charge on any atom is -0.394 e. The van der Waals surface area contributed by atoms with E-state index in [1.165, 1.54) is 16.5 Å². The quantitative estimate of drug-likeness (QED) is 0.331. The third-order valence-corrected chi connectivity index (χ3v) is 7.22. The van der Waals surface area contributed by atoms with Crippen molar-refractivity contribution < 1.29 is 9.90 Å². The molecule has 0 saturated heterocycles. The number of carbonyl (C=O) groups is 1. The molecule has 0 saturated carbocycles. The van der Waals surface area contributed by atoms with Crippen molar-refractivity contribution >= 4 is 16.8 Å². The Kier molecular flexibility index (Phi) is 9.37. The fourth-order valence-corrected chi connectivity index (χ4v) is 4.52. The lowest BCUT2D eigenvalue weighted by atomic mass is 9.87. The van der Waals surface area contributed by atoms with Gasteiger partial charge < -0.3 is 15.0 Å². The fraction of sp³-hybridized carbons (Fsp3) is 0.516. The van der Waals surface area contributed by atoms with Crippen molar-refractivity contribution in [1.29, 1.82) is 0 Å². The monoisotopic (exact) mass is 491 g/mol. The molecule has 3 aromatic rings. The van der Waals surface area contributed by atoms with E-state index in [-0.39, 0.29) is 17.9 Å². The number of nitrogens with one attached hydrogen (secondary N) is 1. The summed E-state index contributed by atoms with van der Waals surface area (Å²) in [5.74, 6) is 0.104. The molecule has 196 valence electrons. The Morgan fingerprint density at radius 3 is 2.31 bits per heavy atom. The first kappa shape index (κ1) is 27.9. The molecule has 36 heavy (non-hydrogen) atoms. The smallest absolute Gasteiger partial charge is 0.237 e. The number of benzene rings is 2. The van der Waals surface area contributed by atoms with Crippen LogP contribution < -0.4 is 0 Å². The summed E-state index contributed by atoms with van der Waals surface area (Å²) in [4.78, 5) is 21.2. The van der Waals surface area contributed by atoms with Gasteiger partial charge in [-0.15, -0.1) is 0 Å². The van der Waals surface area contributed by atoms with E-state index in [4.69, 9.17) is 0 Å². The Hall–Kier alpha value is -2.63. The Morgan fingerprint density at radius 1 is 0.972 bits per heavy atom. The Balaban J connectivity index is 1.81. The predicted octanol–water partition coefficient (Wildman–Crippen LogP) is 5.91. The van der Waals surface area contributed by atoms with Crippen LogP contribution in [0.2, 0.25) is 0 Å². The molecule has 1 aromatic heterocycles. The number of aliphatic hydroxyl groups excluding tert-OH is 1. The van der Waals surface area contributed by atoms with E-state index in [0.717, 1.165) is 36.9 Å². The van der Waals surface area contributed by atoms with Gasteiger partial charge in [0.05, 0.1) is 13.2 Å². The summed E-state index contributed by atoms with van der Waals surface area (Å²) >= 11 is 0. The highest BCUT2D eigenvalue weighted by molar-refractivity contribution is 5.83. The summed E-state index contributed by atoms with van der Waals surface area (Å²) in [5.41, 5.74) is 4.43. The summed E-state index contributed by atoms with van der Waals surface area (Å²) in [5, 5.41) is 11.2. The van der Waals surface area contributed by atoms with Crippen molar-refractivity contribution in [3.8, 4) is 0 Å². The number of unbranched alkanes of at least 4 members (excludes halogenated alkanes) is 1. The van der Waals surface area contributed by atoms with Crippen LogP contribution in [0.1, 0.15) is 71.1 Å². The lowest BCUT2D eigenvalue weighted by Gasteiger charge is -2.38. The molecule has 2 N–H and O–H groups in total. The van der Waals surface area contributed by atoms with Gasteiger partial charge in [-0.3, -0.25) is 9.69 Å². The molecule has 0 aliphatic heterocycles. The molecule has 2 aromatic carbocycles. The third kappa shape index (κ3) is 7.21. The zero-order valence-corrected chi connectivity index (χ0v) is 23.1. The number of aromatic amines is 1. The first-order chi connectivity index (χ1) is 17.0. The van der Waals surface area contributed by atoms with Crippen molar-refractivity contribution in [1.82, 2.24) is 14.8 Å². The lowest BCUT2D eigenvalue weighted by molar-refractivity contribution is -0.135. The number of aliphatic hydroxyl groups is 1. The normalized spacial score (nSPS) is 12.4. The number of nitrogens with zero attached hydrogens (tertiary/aromatic N) is 2.